The molecule has 1 aliphatic rings. The Morgan fingerprint density at radius 3 is 2.83 bits per heavy atom. The van der Waals surface area contributed by atoms with Gasteiger partial charge in [-0.15, -0.1) is 0 Å². The number of imidazole rings is 1. The molecule has 0 saturated carbocycles. The van der Waals surface area contributed by atoms with E-state index in [2.05, 4.69) is 17.6 Å². The van der Waals surface area contributed by atoms with Crippen molar-refractivity contribution >= 4 is 28.5 Å². The second kappa shape index (κ2) is 9.09. The number of para-hydroxylation sites is 2. The number of hydrogen-bond acceptors (Lipinski definition) is 3. The number of fused-ring (bicyclic) bond motifs is 1. The molecule has 2 heterocycles. The molecule has 30 heavy (non-hydrogen) atoms. The third-order valence-electron chi connectivity index (χ3n) is 5.76. The van der Waals surface area contributed by atoms with E-state index in [0.717, 1.165) is 59.1 Å². The van der Waals surface area contributed by atoms with Crippen LogP contribution in [0.25, 0.3) is 11.0 Å². The number of ether oxygens (including phenoxy) is 1. The molecule has 1 fully saturated rings. The first-order valence-electron chi connectivity index (χ1n) is 10.7. The van der Waals surface area contributed by atoms with Gasteiger partial charge < -0.3 is 14.2 Å². The number of aromatic nitrogens is 2. The Morgan fingerprint density at radius 2 is 2.03 bits per heavy atom. The van der Waals surface area contributed by atoms with Gasteiger partial charge in [0.25, 0.3) is 0 Å². The summed E-state index contributed by atoms with van der Waals surface area (Å²) in [7, 11) is 0. The van der Waals surface area contributed by atoms with Crippen molar-refractivity contribution in [3.63, 3.8) is 0 Å². The third-order valence-corrected chi connectivity index (χ3v) is 6.18. The summed E-state index contributed by atoms with van der Waals surface area (Å²) in [4.78, 5) is 19.4. The molecular weight excluding hydrogens is 398 g/mol. The van der Waals surface area contributed by atoms with E-state index in [4.69, 9.17) is 21.3 Å². The maximum Gasteiger partial charge on any atom is 0.223 e. The number of halogens is 1. The van der Waals surface area contributed by atoms with Crippen LogP contribution in [0.1, 0.15) is 43.5 Å². The molecule has 0 bridgehead atoms. The molecule has 1 aliphatic heterocycles. The monoisotopic (exact) mass is 425 g/mol. The summed E-state index contributed by atoms with van der Waals surface area (Å²) in [5, 5.41) is 0.740. The molecule has 1 aromatic heterocycles. The van der Waals surface area contributed by atoms with Crippen LogP contribution in [-0.4, -0.2) is 40.1 Å². The van der Waals surface area contributed by atoms with Crippen molar-refractivity contribution in [2.45, 2.75) is 45.6 Å². The Kier molecular flexibility index (Phi) is 6.28. The van der Waals surface area contributed by atoms with Crippen LogP contribution in [0.15, 0.2) is 42.5 Å². The van der Waals surface area contributed by atoms with Crippen LogP contribution in [0.3, 0.4) is 0 Å². The van der Waals surface area contributed by atoms with Gasteiger partial charge in [0.15, 0.2) is 0 Å². The van der Waals surface area contributed by atoms with Crippen molar-refractivity contribution in [1.29, 1.82) is 0 Å². The van der Waals surface area contributed by atoms with Gasteiger partial charge in [0, 0.05) is 30.5 Å². The first kappa shape index (κ1) is 20.7. The van der Waals surface area contributed by atoms with E-state index in [-0.39, 0.29) is 11.8 Å². The van der Waals surface area contributed by atoms with Gasteiger partial charge in [-0.05, 0) is 49.2 Å². The maximum absolute atomic E-state index is 12.5. The average molecular weight is 426 g/mol. The van der Waals surface area contributed by atoms with Crippen LogP contribution in [0.2, 0.25) is 5.02 Å². The van der Waals surface area contributed by atoms with Gasteiger partial charge in [-0.1, -0.05) is 37.1 Å². The second-order valence-corrected chi connectivity index (χ2v) is 8.37. The molecule has 3 aromatic rings. The van der Waals surface area contributed by atoms with Crippen molar-refractivity contribution in [3.8, 4) is 5.75 Å². The van der Waals surface area contributed by atoms with Crippen molar-refractivity contribution in [2.24, 2.45) is 0 Å². The lowest BCUT2D eigenvalue weighted by Gasteiger charge is -2.17. The standard InChI is InChI=1S/C24H28ClN3O2/c1-3-4-11-27-16-18(15-23(27)29)24-26-21-7-5-6-8-22(21)28(24)12-13-30-19-9-10-20(25)17(2)14-19/h5-10,14,18H,3-4,11-13,15-16H2,1-2H3/t18-/m1/s1. The molecule has 5 nitrogen and oxygen atoms in total. The molecule has 0 aliphatic carbocycles. The smallest absolute Gasteiger partial charge is 0.223 e. The van der Waals surface area contributed by atoms with Gasteiger partial charge in [-0.2, -0.15) is 0 Å². The Morgan fingerprint density at radius 1 is 1.20 bits per heavy atom. The van der Waals surface area contributed by atoms with Crippen LogP contribution in [-0.2, 0) is 11.3 Å². The van der Waals surface area contributed by atoms with Crippen molar-refractivity contribution in [1.82, 2.24) is 14.5 Å². The number of nitrogens with zero attached hydrogens (tertiary/aromatic N) is 3. The quantitative estimate of drug-likeness (QED) is 0.498. The highest BCUT2D eigenvalue weighted by Gasteiger charge is 2.33. The SMILES string of the molecule is CCCCN1C[C@H](c2nc3ccccc3n2CCOc2ccc(Cl)c(C)c2)CC1=O. The molecule has 0 spiro atoms. The van der Waals surface area contributed by atoms with Crippen molar-refractivity contribution < 1.29 is 9.53 Å². The number of carbonyl (C=O) groups is 1. The minimum atomic E-state index is 0.125. The fraction of sp³-hybridized carbons (Fsp3) is 0.417. The van der Waals surface area contributed by atoms with E-state index < -0.39 is 0 Å². The Balaban J connectivity index is 1.53. The predicted molar refractivity (Wildman–Crippen MR) is 120 cm³/mol. The van der Waals surface area contributed by atoms with Gasteiger partial charge in [0.05, 0.1) is 17.6 Å². The van der Waals surface area contributed by atoms with E-state index >= 15 is 0 Å². The summed E-state index contributed by atoms with van der Waals surface area (Å²) in [5.74, 6) is 2.16. The molecule has 6 heteroatoms. The first-order valence-corrected chi connectivity index (χ1v) is 11.1. The van der Waals surface area contributed by atoms with Crippen molar-refractivity contribution in [2.75, 3.05) is 19.7 Å². The summed E-state index contributed by atoms with van der Waals surface area (Å²) in [6.45, 7) is 6.91. The molecule has 1 atom stereocenters. The molecule has 2 aromatic carbocycles. The summed E-state index contributed by atoms with van der Waals surface area (Å²) in [6.07, 6.45) is 2.67. The lowest BCUT2D eigenvalue weighted by atomic mass is 10.1. The second-order valence-electron chi connectivity index (χ2n) is 7.96. The minimum absolute atomic E-state index is 0.125. The molecule has 0 unspecified atom stereocenters. The molecule has 1 amide bonds. The molecule has 0 radical (unpaired) electrons. The van der Waals surface area contributed by atoms with Gasteiger partial charge in [0.1, 0.15) is 18.2 Å². The van der Waals surface area contributed by atoms with E-state index in [1.165, 1.54) is 0 Å². The molecule has 4 rings (SSSR count). The Hall–Kier alpha value is -2.53. The Bertz CT molecular complexity index is 1050. The fourth-order valence-corrected chi connectivity index (χ4v) is 4.23. The van der Waals surface area contributed by atoms with Crippen LogP contribution >= 0.6 is 11.6 Å². The zero-order chi connectivity index (χ0) is 21.1. The average Bonchev–Trinajstić information content (AvgIpc) is 3.29. The Labute approximate surface area is 182 Å². The summed E-state index contributed by atoms with van der Waals surface area (Å²) in [6, 6.07) is 13.9. The highest BCUT2D eigenvalue weighted by atomic mass is 35.5. The molecule has 158 valence electrons. The summed E-state index contributed by atoms with van der Waals surface area (Å²) in [5.41, 5.74) is 3.05. The number of rotatable bonds is 8. The first-order chi connectivity index (χ1) is 14.6. The highest BCUT2D eigenvalue weighted by Crippen LogP contribution is 2.30. The lowest BCUT2D eigenvalue weighted by molar-refractivity contribution is -0.127. The van der Waals surface area contributed by atoms with E-state index in [9.17, 15) is 4.79 Å². The molecule has 0 N–H and O–H groups in total. The van der Waals surface area contributed by atoms with Crippen molar-refractivity contribution in [3.05, 3.63) is 58.9 Å². The number of likely N-dealkylation sites (tertiary alicyclic amines) is 1. The fourth-order valence-electron chi connectivity index (χ4n) is 4.11. The number of benzene rings is 2. The predicted octanol–water partition coefficient (Wildman–Crippen LogP) is 5.19. The maximum atomic E-state index is 12.5. The number of amides is 1. The van der Waals surface area contributed by atoms with Gasteiger partial charge >= 0.3 is 0 Å². The summed E-state index contributed by atoms with van der Waals surface area (Å²) >= 11 is 6.11. The number of unbranched alkanes of at least 4 members (excludes halogenated alkanes) is 1. The zero-order valence-corrected chi connectivity index (χ0v) is 18.4. The minimum Gasteiger partial charge on any atom is -0.492 e. The number of aryl methyl sites for hydroxylation is 1. The number of hydrogen-bond donors (Lipinski definition) is 0. The van der Waals surface area contributed by atoms with Crippen LogP contribution in [0, 0.1) is 6.92 Å². The van der Waals surface area contributed by atoms with Gasteiger partial charge in [-0.3, -0.25) is 4.79 Å². The van der Waals surface area contributed by atoms with Crippen LogP contribution < -0.4 is 4.74 Å². The van der Waals surface area contributed by atoms with E-state index in [0.29, 0.717) is 19.6 Å². The zero-order valence-electron chi connectivity index (χ0n) is 17.6. The number of carbonyl (C=O) groups excluding carboxylic acids is 1. The summed E-state index contributed by atoms with van der Waals surface area (Å²) < 4.78 is 8.21. The lowest BCUT2D eigenvalue weighted by Crippen LogP contribution is -2.26. The van der Waals surface area contributed by atoms with Gasteiger partial charge in [0.2, 0.25) is 5.91 Å². The molecular formula is C24H28ClN3O2. The largest absolute Gasteiger partial charge is 0.492 e. The van der Waals surface area contributed by atoms with Crippen LogP contribution in [0.5, 0.6) is 5.75 Å². The van der Waals surface area contributed by atoms with E-state index in [1.54, 1.807) is 0 Å². The highest BCUT2D eigenvalue weighted by molar-refractivity contribution is 6.31. The van der Waals surface area contributed by atoms with Crippen LogP contribution in [0.4, 0.5) is 0 Å². The topological polar surface area (TPSA) is 47.4 Å². The van der Waals surface area contributed by atoms with E-state index in [1.807, 2.05) is 48.2 Å². The van der Waals surface area contributed by atoms with Gasteiger partial charge in [-0.25, -0.2) is 4.98 Å². The molecule has 1 saturated heterocycles. The third kappa shape index (κ3) is 4.31. The normalized spacial score (nSPS) is 16.6.